The zero-order chi connectivity index (χ0) is 21.2. The molecule has 1 aliphatic heterocycles. The SMILES string of the molecule is O=C(c1ccccc1)N1CCCC(NS(=O)(=O)c2ccc(Cl)cc2C(F)(F)F)C1. The van der Waals surface area contributed by atoms with Crippen LogP contribution in [0.15, 0.2) is 53.4 Å². The van der Waals surface area contributed by atoms with Crippen LogP contribution in [0.25, 0.3) is 0 Å². The predicted molar refractivity (Wildman–Crippen MR) is 102 cm³/mol. The number of piperidine rings is 1. The van der Waals surface area contributed by atoms with E-state index in [0.717, 1.165) is 12.1 Å². The van der Waals surface area contributed by atoms with E-state index < -0.39 is 32.7 Å². The Labute approximate surface area is 171 Å². The lowest BCUT2D eigenvalue weighted by atomic mass is 10.1. The minimum Gasteiger partial charge on any atom is -0.337 e. The number of carbonyl (C=O) groups is 1. The molecule has 156 valence electrons. The number of benzene rings is 2. The number of hydrogen-bond acceptors (Lipinski definition) is 3. The summed E-state index contributed by atoms with van der Waals surface area (Å²) < 4.78 is 67.5. The number of nitrogens with one attached hydrogen (secondary N) is 1. The summed E-state index contributed by atoms with van der Waals surface area (Å²) in [5, 5.41) is -0.214. The largest absolute Gasteiger partial charge is 0.417 e. The van der Waals surface area contributed by atoms with E-state index in [0.29, 0.717) is 31.0 Å². The van der Waals surface area contributed by atoms with Crippen molar-refractivity contribution in [2.24, 2.45) is 0 Å². The normalized spacial score (nSPS) is 17.9. The van der Waals surface area contributed by atoms with E-state index in [-0.39, 0.29) is 17.5 Å². The molecule has 1 unspecified atom stereocenters. The molecule has 0 bridgehead atoms. The van der Waals surface area contributed by atoms with Crippen molar-refractivity contribution < 1.29 is 26.4 Å². The number of carbonyl (C=O) groups excluding carboxylic acids is 1. The molecule has 5 nitrogen and oxygen atoms in total. The highest BCUT2D eigenvalue weighted by atomic mass is 35.5. The van der Waals surface area contributed by atoms with Crippen LogP contribution >= 0.6 is 11.6 Å². The van der Waals surface area contributed by atoms with Crippen molar-refractivity contribution >= 4 is 27.5 Å². The zero-order valence-electron chi connectivity index (χ0n) is 15.1. The number of nitrogens with zero attached hydrogens (tertiary/aromatic N) is 1. The van der Waals surface area contributed by atoms with Crippen LogP contribution < -0.4 is 4.72 Å². The van der Waals surface area contributed by atoms with Gasteiger partial charge in [0.15, 0.2) is 0 Å². The molecule has 1 atom stereocenters. The van der Waals surface area contributed by atoms with Crippen LogP contribution in [0.1, 0.15) is 28.8 Å². The highest BCUT2D eigenvalue weighted by Crippen LogP contribution is 2.36. The third-order valence-corrected chi connectivity index (χ3v) is 6.40. The molecule has 1 aliphatic rings. The first-order chi connectivity index (χ1) is 13.6. The first-order valence-electron chi connectivity index (χ1n) is 8.81. The number of halogens is 4. The van der Waals surface area contributed by atoms with Crippen molar-refractivity contribution in [1.29, 1.82) is 0 Å². The van der Waals surface area contributed by atoms with Crippen molar-refractivity contribution in [3.8, 4) is 0 Å². The van der Waals surface area contributed by atoms with E-state index in [1.165, 1.54) is 4.90 Å². The van der Waals surface area contributed by atoms with Crippen molar-refractivity contribution in [3.63, 3.8) is 0 Å². The Morgan fingerprint density at radius 2 is 1.83 bits per heavy atom. The van der Waals surface area contributed by atoms with Gasteiger partial charge in [0, 0.05) is 29.7 Å². The summed E-state index contributed by atoms with van der Waals surface area (Å²) in [5.41, 5.74) is -0.862. The maximum absolute atomic E-state index is 13.3. The fraction of sp³-hybridized carbons (Fsp3) is 0.316. The molecule has 0 saturated carbocycles. The molecule has 10 heteroatoms. The van der Waals surface area contributed by atoms with Gasteiger partial charge in [-0.3, -0.25) is 4.79 Å². The van der Waals surface area contributed by atoms with Crippen molar-refractivity contribution in [2.45, 2.75) is 30.0 Å². The number of likely N-dealkylation sites (tertiary alicyclic amines) is 1. The summed E-state index contributed by atoms with van der Waals surface area (Å²) in [4.78, 5) is 13.2. The maximum Gasteiger partial charge on any atom is 0.417 e. The monoisotopic (exact) mass is 446 g/mol. The molecule has 1 fully saturated rings. The molecule has 1 saturated heterocycles. The highest BCUT2D eigenvalue weighted by Gasteiger charge is 2.38. The van der Waals surface area contributed by atoms with E-state index in [9.17, 15) is 26.4 Å². The lowest BCUT2D eigenvalue weighted by Crippen LogP contribution is -2.49. The Hall–Kier alpha value is -2.10. The molecular formula is C19H18ClF3N2O3S. The molecule has 2 aromatic carbocycles. The lowest BCUT2D eigenvalue weighted by molar-refractivity contribution is -0.139. The number of rotatable bonds is 4. The second-order valence-corrected chi connectivity index (χ2v) is 8.83. The highest BCUT2D eigenvalue weighted by molar-refractivity contribution is 7.89. The fourth-order valence-corrected chi connectivity index (χ4v) is 4.90. The summed E-state index contributed by atoms with van der Waals surface area (Å²) in [6, 6.07) is 10.3. The van der Waals surface area contributed by atoms with Gasteiger partial charge in [0.05, 0.1) is 10.5 Å². The molecule has 3 rings (SSSR count). The Morgan fingerprint density at radius 3 is 2.48 bits per heavy atom. The number of alkyl halides is 3. The van der Waals surface area contributed by atoms with Crippen LogP contribution in [0.4, 0.5) is 13.2 Å². The van der Waals surface area contributed by atoms with E-state index in [1.54, 1.807) is 30.3 Å². The van der Waals surface area contributed by atoms with Crippen molar-refractivity contribution in [1.82, 2.24) is 9.62 Å². The topological polar surface area (TPSA) is 66.5 Å². The van der Waals surface area contributed by atoms with Gasteiger partial charge in [0.25, 0.3) is 5.91 Å². The average molecular weight is 447 g/mol. The molecule has 1 N–H and O–H groups in total. The molecule has 2 aromatic rings. The second-order valence-electron chi connectivity index (χ2n) is 6.72. The average Bonchev–Trinajstić information content (AvgIpc) is 2.67. The van der Waals surface area contributed by atoms with E-state index in [4.69, 9.17) is 11.6 Å². The Kier molecular flexibility index (Phi) is 6.21. The first-order valence-corrected chi connectivity index (χ1v) is 10.7. The lowest BCUT2D eigenvalue weighted by Gasteiger charge is -2.33. The van der Waals surface area contributed by atoms with Crippen LogP contribution in [0.2, 0.25) is 5.02 Å². The van der Waals surface area contributed by atoms with Gasteiger partial charge in [-0.15, -0.1) is 0 Å². The summed E-state index contributed by atoms with van der Waals surface area (Å²) in [6.45, 7) is 0.516. The van der Waals surface area contributed by atoms with E-state index in [2.05, 4.69) is 4.72 Å². The van der Waals surface area contributed by atoms with Crippen LogP contribution in [-0.4, -0.2) is 38.4 Å². The van der Waals surface area contributed by atoms with Gasteiger partial charge < -0.3 is 4.90 Å². The van der Waals surface area contributed by atoms with Crippen LogP contribution in [0.5, 0.6) is 0 Å². The molecule has 1 amide bonds. The van der Waals surface area contributed by atoms with Crippen molar-refractivity contribution in [3.05, 3.63) is 64.7 Å². The maximum atomic E-state index is 13.3. The third kappa shape index (κ3) is 5.09. The minimum absolute atomic E-state index is 0.0713. The summed E-state index contributed by atoms with van der Waals surface area (Å²) >= 11 is 5.62. The van der Waals surface area contributed by atoms with Gasteiger partial charge in [-0.05, 0) is 43.2 Å². The standard InChI is InChI=1S/C19H18ClF3N2O3S/c20-14-8-9-17(16(11-14)19(21,22)23)29(27,28)24-15-7-4-10-25(12-15)18(26)13-5-2-1-3-6-13/h1-3,5-6,8-9,11,15,24H,4,7,10,12H2. The number of sulfonamides is 1. The third-order valence-electron chi connectivity index (χ3n) is 4.59. The minimum atomic E-state index is -4.88. The van der Waals surface area contributed by atoms with E-state index in [1.807, 2.05) is 0 Å². The first kappa shape index (κ1) is 21.6. The Balaban J connectivity index is 1.80. The van der Waals surface area contributed by atoms with Crippen LogP contribution in [0, 0.1) is 0 Å². The summed E-state index contributed by atoms with van der Waals surface area (Å²) in [5.74, 6) is -0.253. The van der Waals surface area contributed by atoms with Gasteiger partial charge in [-0.1, -0.05) is 29.8 Å². The van der Waals surface area contributed by atoms with Gasteiger partial charge >= 0.3 is 6.18 Å². The number of amides is 1. The smallest absolute Gasteiger partial charge is 0.337 e. The zero-order valence-corrected chi connectivity index (χ0v) is 16.7. The van der Waals surface area contributed by atoms with E-state index >= 15 is 0 Å². The molecule has 1 heterocycles. The Bertz CT molecular complexity index is 998. The van der Waals surface area contributed by atoms with Gasteiger partial charge in [0.1, 0.15) is 0 Å². The van der Waals surface area contributed by atoms with Crippen molar-refractivity contribution in [2.75, 3.05) is 13.1 Å². The molecule has 0 aromatic heterocycles. The fourth-order valence-electron chi connectivity index (χ4n) is 3.26. The molecule has 0 aliphatic carbocycles. The number of hydrogen-bond donors (Lipinski definition) is 1. The van der Waals surface area contributed by atoms with Gasteiger partial charge in [-0.2, -0.15) is 13.2 Å². The van der Waals surface area contributed by atoms with Gasteiger partial charge in [0.2, 0.25) is 10.0 Å². The van der Waals surface area contributed by atoms with Crippen LogP contribution in [0.3, 0.4) is 0 Å². The van der Waals surface area contributed by atoms with Crippen LogP contribution in [-0.2, 0) is 16.2 Å². The summed E-state index contributed by atoms with van der Waals surface area (Å²) in [6.07, 6.45) is -3.94. The molecule has 0 radical (unpaired) electrons. The second kappa shape index (κ2) is 8.33. The predicted octanol–water partition coefficient (Wildman–Crippen LogP) is 3.94. The summed E-state index contributed by atoms with van der Waals surface area (Å²) in [7, 11) is -4.47. The van der Waals surface area contributed by atoms with Gasteiger partial charge in [-0.25, -0.2) is 13.1 Å². The molecule has 0 spiro atoms. The molecular weight excluding hydrogens is 429 g/mol. The molecule has 29 heavy (non-hydrogen) atoms. The Morgan fingerprint density at radius 1 is 1.14 bits per heavy atom. The quantitative estimate of drug-likeness (QED) is 0.773.